The van der Waals surface area contributed by atoms with Gasteiger partial charge in [-0.2, -0.15) is 13.2 Å². The molecule has 0 saturated heterocycles. The summed E-state index contributed by atoms with van der Waals surface area (Å²) in [4.78, 5) is 32.7. The average molecular weight is 546 g/mol. The fourth-order valence-electron chi connectivity index (χ4n) is 4.14. The van der Waals surface area contributed by atoms with Gasteiger partial charge < -0.3 is 19.9 Å². The van der Waals surface area contributed by atoms with Gasteiger partial charge in [0.2, 0.25) is 5.91 Å². The Morgan fingerprint density at radius 2 is 1.73 bits per heavy atom. The molecule has 0 bridgehead atoms. The first kappa shape index (κ1) is 26.4. The van der Waals surface area contributed by atoms with Gasteiger partial charge in [-0.3, -0.25) is 9.59 Å². The monoisotopic (exact) mass is 545 g/mol. The van der Waals surface area contributed by atoms with Crippen molar-refractivity contribution in [2.45, 2.75) is 20.0 Å². The van der Waals surface area contributed by atoms with Crippen LogP contribution in [0.15, 0.2) is 85.5 Å². The highest BCUT2D eigenvalue weighted by Gasteiger charge is 2.31. The number of aromatic nitrogens is 3. The van der Waals surface area contributed by atoms with Crippen LogP contribution in [0.2, 0.25) is 0 Å². The van der Waals surface area contributed by atoms with Gasteiger partial charge in [0.25, 0.3) is 5.91 Å². The van der Waals surface area contributed by atoms with Crippen LogP contribution in [0.4, 0.5) is 24.7 Å². The maximum absolute atomic E-state index is 13.6. The number of aryl methyl sites for hydroxylation is 1. The lowest BCUT2D eigenvalue weighted by Gasteiger charge is -2.14. The first-order chi connectivity index (χ1) is 19.0. The zero-order valence-corrected chi connectivity index (χ0v) is 21.3. The van der Waals surface area contributed by atoms with Gasteiger partial charge in [0, 0.05) is 42.3 Å². The first-order valence-corrected chi connectivity index (χ1v) is 12.0. The molecular weight excluding hydrogens is 523 g/mol. The zero-order chi connectivity index (χ0) is 28.4. The van der Waals surface area contributed by atoms with Crippen LogP contribution in [0.5, 0.6) is 11.5 Å². The second kappa shape index (κ2) is 10.5. The van der Waals surface area contributed by atoms with Gasteiger partial charge in [0.05, 0.1) is 17.6 Å². The van der Waals surface area contributed by atoms with E-state index in [4.69, 9.17) is 4.74 Å². The highest BCUT2D eigenvalue weighted by atomic mass is 19.4. The minimum absolute atomic E-state index is 0.00852. The quantitative estimate of drug-likeness (QED) is 0.246. The van der Waals surface area contributed by atoms with Crippen molar-refractivity contribution in [1.29, 1.82) is 0 Å². The lowest BCUT2D eigenvalue weighted by molar-refractivity contribution is -0.137. The Balaban J connectivity index is 1.42. The number of fused-ring (bicyclic) bond motifs is 1. The number of carbonyl (C=O) groups is 2. The van der Waals surface area contributed by atoms with Gasteiger partial charge in [0.1, 0.15) is 17.3 Å². The van der Waals surface area contributed by atoms with Crippen molar-refractivity contribution >= 4 is 34.1 Å². The van der Waals surface area contributed by atoms with E-state index in [1.54, 1.807) is 61.7 Å². The van der Waals surface area contributed by atoms with Crippen LogP contribution in [0.3, 0.4) is 0 Å². The molecule has 0 saturated carbocycles. The molecule has 0 spiro atoms. The Morgan fingerprint density at radius 1 is 0.925 bits per heavy atom. The molecule has 2 N–H and O–H groups in total. The Hall–Kier alpha value is -5.19. The largest absolute Gasteiger partial charge is 0.457 e. The lowest BCUT2D eigenvalue weighted by atomic mass is 10.0. The van der Waals surface area contributed by atoms with Crippen molar-refractivity contribution < 1.29 is 27.5 Å². The van der Waals surface area contributed by atoms with E-state index in [9.17, 15) is 22.8 Å². The molecule has 0 radical (unpaired) electrons. The van der Waals surface area contributed by atoms with Crippen LogP contribution in [0, 0.1) is 6.92 Å². The molecule has 0 atom stereocenters. The van der Waals surface area contributed by atoms with Crippen molar-refractivity contribution in [2.75, 3.05) is 10.6 Å². The van der Waals surface area contributed by atoms with Gasteiger partial charge in [0.15, 0.2) is 0 Å². The third-order valence-electron chi connectivity index (χ3n) is 5.88. The van der Waals surface area contributed by atoms with E-state index in [-0.39, 0.29) is 22.8 Å². The SMILES string of the molecule is CC(=O)Nc1cc(Oc2ccc3c(C(=O)Nc4cc(-n5cnc(C)c5)cc(C(F)(F)F)c4)cccc3c2)ccn1. The minimum atomic E-state index is -4.61. The van der Waals surface area contributed by atoms with Crippen LogP contribution in [-0.2, 0) is 11.0 Å². The van der Waals surface area contributed by atoms with Crippen molar-refractivity contribution in [3.8, 4) is 17.2 Å². The van der Waals surface area contributed by atoms with E-state index in [1.165, 1.54) is 30.1 Å². The minimum Gasteiger partial charge on any atom is -0.457 e. The van der Waals surface area contributed by atoms with Crippen molar-refractivity contribution in [2.24, 2.45) is 0 Å². The summed E-state index contributed by atoms with van der Waals surface area (Å²) in [6, 6.07) is 16.7. The number of pyridine rings is 1. The molecule has 8 nitrogen and oxygen atoms in total. The van der Waals surface area contributed by atoms with E-state index >= 15 is 0 Å². The predicted molar refractivity (Wildman–Crippen MR) is 144 cm³/mol. The molecule has 2 amide bonds. The topological polar surface area (TPSA) is 98.1 Å². The number of hydrogen-bond acceptors (Lipinski definition) is 5. The number of amides is 2. The lowest BCUT2D eigenvalue weighted by Crippen LogP contribution is -2.14. The Kier molecular flexibility index (Phi) is 6.95. The molecular formula is C29H22F3N5O3. The normalized spacial score (nSPS) is 11.3. The predicted octanol–water partition coefficient (Wildman–Crippen LogP) is 6.75. The van der Waals surface area contributed by atoms with Gasteiger partial charge in [-0.15, -0.1) is 0 Å². The number of benzene rings is 3. The summed E-state index contributed by atoms with van der Waals surface area (Å²) >= 11 is 0. The molecule has 40 heavy (non-hydrogen) atoms. The molecule has 5 aromatic rings. The molecule has 3 aromatic carbocycles. The second-order valence-corrected chi connectivity index (χ2v) is 8.99. The Bertz CT molecular complexity index is 1750. The first-order valence-electron chi connectivity index (χ1n) is 12.0. The van der Waals surface area contributed by atoms with Crippen LogP contribution < -0.4 is 15.4 Å². The van der Waals surface area contributed by atoms with E-state index in [2.05, 4.69) is 20.6 Å². The fourth-order valence-corrected chi connectivity index (χ4v) is 4.14. The Morgan fingerprint density at radius 3 is 2.45 bits per heavy atom. The molecule has 2 aromatic heterocycles. The third kappa shape index (κ3) is 5.93. The highest BCUT2D eigenvalue weighted by molar-refractivity contribution is 6.13. The summed E-state index contributed by atoms with van der Waals surface area (Å²) in [5.41, 5.74) is 0.218. The molecule has 0 fully saturated rings. The molecule has 5 rings (SSSR count). The number of halogens is 3. The number of imidazole rings is 1. The summed E-state index contributed by atoms with van der Waals surface area (Å²) in [7, 11) is 0. The number of nitrogens with one attached hydrogen (secondary N) is 2. The zero-order valence-electron chi connectivity index (χ0n) is 21.3. The van der Waals surface area contributed by atoms with Crippen molar-refractivity contribution in [1.82, 2.24) is 14.5 Å². The number of ether oxygens (including phenoxy) is 1. The molecule has 0 aliphatic rings. The highest BCUT2D eigenvalue weighted by Crippen LogP contribution is 2.34. The van der Waals surface area contributed by atoms with E-state index < -0.39 is 17.6 Å². The van der Waals surface area contributed by atoms with E-state index in [0.29, 0.717) is 33.8 Å². The van der Waals surface area contributed by atoms with Crippen LogP contribution in [0.1, 0.15) is 28.5 Å². The van der Waals surface area contributed by atoms with Gasteiger partial charge >= 0.3 is 6.18 Å². The van der Waals surface area contributed by atoms with Crippen LogP contribution in [0.25, 0.3) is 16.5 Å². The number of carbonyl (C=O) groups excluding carboxylic acids is 2. The standard InChI is InChI=1S/C29H22F3N5O3/c1-17-15-37(16-34-17)22-12-20(29(30,31)32)11-21(13-22)36-28(39)26-5-3-4-19-10-23(6-7-25(19)26)40-24-8-9-33-27(14-24)35-18(2)38/h3-16H,1-2H3,(H,36,39)(H,33,35,38). The number of anilines is 2. The smallest absolute Gasteiger partial charge is 0.416 e. The van der Waals surface area contributed by atoms with Gasteiger partial charge in [-0.05, 0) is 66.2 Å². The maximum Gasteiger partial charge on any atom is 0.416 e. The number of alkyl halides is 3. The van der Waals surface area contributed by atoms with Crippen molar-refractivity contribution in [3.05, 3.63) is 102 Å². The molecule has 0 aliphatic carbocycles. The van der Waals surface area contributed by atoms with E-state index in [1.807, 2.05) is 0 Å². The number of rotatable bonds is 6. The maximum atomic E-state index is 13.6. The average Bonchev–Trinajstić information content (AvgIpc) is 3.33. The molecule has 11 heteroatoms. The summed E-state index contributed by atoms with van der Waals surface area (Å²) in [5, 5.41) is 6.46. The van der Waals surface area contributed by atoms with Gasteiger partial charge in [-0.1, -0.05) is 12.1 Å². The second-order valence-electron chi connectivity index (χ2n) is 8.99. The van der Waals surface area contributed by atoms with Gasteiger partial charge in [-0.25, -0.2) is 9.97 Å². The number of hydrogen-bond donors (Lipinski definition) is 2. The molecule has 2 heterocycles. The summed E-state index contributed by atoms with van der Waals surface area (Å²) in [6.07, 6.45) is -0.110. The fraction of sp³-hybridized carbons (Fsp3) is 0.103. The third-order valence-corrected chi connectivity index (χ3v) is 5.88. The molecule has 202 valence electrons. The summed E-state index contributed by atoms with van der Waals surface area (Å²) in [6.45, 7) is 3.10. The summed E-state index contributed by atoms with van der Waals surface area (Å²) in [5.74, 6) is 0.425. The molecule has 0 unspecified atom stereocenters. The van der Waals surface area contributed by atoms with Crippen molar-refractivity contribution in [3.63, 3.8) is 0 Å². The number of nitrogens with zero attached hydrogens (tertiary/aromatic N) is 3. The Labute approximate surface area is 226 Å². The van der Waals surface area contributed by atoms with Crippen LogP contribution >= 0.6 is 0 Å². The van der Waals surface area contributed by atoms with Crippen LogP contribution in [-0.4, -0.2) is 26.3 Å². The molecule has 0 aliphatic heterocycles. The van der Waals surface area contributed by atoms with E-state index in [0.717, 1.165) is 12.1 Å². The summed E-state index contributed by atoms with van der Waals surface area (Å²) < 4.78 is 48.3.